The molecule has 1 aromatic heterocycles. The molecule has 102 valence electrons. The van der Waals surface area contributed by atoms with Gasteiger partial charge in [0.15, 0.2) is 0 Å². The second kappa shape index (κ2) is 7.37. The Morgan fingerprint density at radius 2 is 2.00 bits per heavy atom. The van der Waals surface area contributed by atoms with Gasteiger partial charge < -0.3 is 9.88 Å². The number of nitrogens with one attached hydrogen (secondary N) is 1. The summed E-state index contributed by atoms with van der Waals surface area (Å²) in [6.45, 7) is 10.2. The zero-order valence-electron chi connectivity index (χ0n) is 12.1. The summed E-state index contributed by atoms with van der Waals surface area (Å²) < 4.78 is 1.78. The Morgan fingerprint density at radius 1 is 1.28 bits per heavy atom. The van der Waals surface area contributed by atoms with Crippen LogP contribution < -0.4 is 10.9 Å². The summed E-state index contributed by atoms with van der Waals surface area (Å²) in [5.41, 5.74) is 0.930. The van der Waals surface area contributed by atoms with E-state index in [0.29, 0.717) is 6.04 Å². The zero-order chi connectivity index (χ0) is 13.5. The monoisotopic (exact) mass is 250 g/mol. The van der Waals surface area contributed by atoms with Crippen LogP contribution in [0.4, 0.5) is 0 Å². The average Bonchev–Trinajstić information content (AvgIpc) is 2.32. The number of aryl methyl sites for hydroxylation is 1. The summed E-state index contributed by atoms with van der Waals surface area (Å²) in [5, 5.41) is 3.47. The van der Waals surface area contributed by atoms with Crippen molar-refractivity contribution >= 4 is 0 Å². The predicted molar refractivity (Wildman–Crippen MR) is 77.0 cm³/mol. The molecule has 1 N–H and O–H groups in total. The number of aromatic nitrogens is 1. The van der Waals surface area contributed by atoms with Crippen molar-refractivity contribution in [3.8, 4) is 0 Å². The first kappa shape index (κ1) is 15.0. The van der Waals surface area contributed by atoms with Gasteiger partial charge in [0.2, 0.25) is 0 Å². The van der Waals surface area contributed by atoms with Crippen LogP contribution in [-0.2, 0) is 6.54 Å². The molecule has 0 bridgehead atoms. The Morgan fingerprint density at radius 3 is 2.67 bits per heavy atom. The van der Waals surface area contributed by atoms with E-state index in [1.165, 1.54) is 12.8 Å². The average molecular weight is 250 g/mol. The summed E-state index contributed by atoms with van der Waals surface area (Å²) in [5.74, 6) is 0.758. The fourth-order valence-electron chi connectivity index (χ4n) is 1.95. The van der Waals surface area contributed by atoms with E-state index < -0.39 is 0 Å². The normalized spacial score (nSPS) is 12.9. The molecule has 0 fully saturated rings. The molecular weight excluding hydrogens is 224 g/mol. The van der Waals surface area contributed by atoms with E-state index in [1.54, 1.807) is 4.57 Å². The molecular formula is C15H26N2O. The molecule has 3 heteroatoms. The van der Waals surface area contributed by atoms with Gasteiger partial charge in [-0.2, -0.15) is 0 Å². The molecule has 0 aliphatic heterocycles. The highest BCUT2D eigenvalue weighted by molar-refractivity contribution is 5.07. The SMILES string of the molecule is Cc1cccn(CCNC(C)CCC(C)C)c1=O. The Kier molecular flexibility index (Phi) is 6.13. The third kappa shape index (κ3) is 5.05. The van der Waals surface area contributed by atoms with Gasteiger partial charge in [-0.3, -0.25) is 4.79 Å². The highest BCUT2D eigenvalue weighted by atomic mass is 16.1. The summed E-state index contributed by atoms with van der Waals surface area (Å²) in [7, 11) is 0. The minimum absolute atomic E-state index is 0.120. The second-order valence-electron chi connectivity index (χ2n) is 5.52. The lowest BCUT2D eigenvalue weighted by atomic mass is 10.0. The molecule has 3 nitrogen and oxygen atoms in total. The molecule has 0 saturated heterocycles. The van der Waals surface area contributed by atoms with Gasteiger partial charge in [-0.1, -0.05) is 19.9 Å². The van der Waals surface area contributed by atoms with Gasteiger partial charge in [0.05, 0.1) is 0 Å². The zero-order valence-corrected chi connectivity index (χ0v) is 12.1. The maximum Gasteiger partial charge on any atom is 0.253 e. The highest BCUT2D eigenvalue weighted by Gasteiger charge is 2.03. The Bertz CT molecular complexity index is 409. The van der Waals surface area contributed by atoms with Crippen LogP contribution in [-0.4, -0.2) is 17.2 Å². The standard InChI is InChI=1S/C15H26N2O/c1-12(2)7-8-14(4)16-9-11-17-10-5-6-13(3)15(17)18/h5-6,10,12,14,16H,7-9,11H2,1-4H3. The van der Waals surface area contributed by atoms with Gasteiger partial charge in [0.25, 0.3) is 5.56 Å². The minimum atomic E-state index is 0.120. The van der Waals surface area contributed by atoms with Crippen molar-refractivity contribution in [2.24, 2.45) is 5.92 Å². The van der Waals surface area contributed by atoms with Gasteiger partial charge in [-0.15, -0.1) is 0 Å². The van der Waals surface area contributed by atoms with Crippen molar-refractivity contribution in [2.45, 2.75) is 53.1 Å². The molecule has 1 unspecified atom stereocenters. The van der Waals surface area contributed by atoms with E-state index in [0.717, 1.165) is 24.6 Å². The van der Waals surface area contributed by atoms with E-state index >= 15 is 0 Å². The Hall–Kier alpha value is -1.09. The summed E-state index contributed by atoms with van der Waals surface area (Å²) in [6.07, 6.45) is 4.30. The van der Waals surface area contributed by atoms with E-state index in [9.17, 15) is 4.79 Å². The van der Waals surface area contributed by atoms with Gasteiger partial charge in [-0.25, -0.2) is 0 Å². The quantitative estimate of drug-likeness (QED) is 0.807. The maximum absolute atomic E-state index is 11.8. The molecule has 0 aromatic carbocycles. The van der Waals surface area contributed by atoms with Crippen LogP contribution in [0.15, 0.2) is 23.1 Å². The van der Waals surface area contributed by atoms with Crippen LogP contribution in [0, 0.1) is 12.8 Å². The highest BCUT2D eigenvalue weighted by Crippen LogP contribution is 2.05. The summed E-state index contributed by atoms with van der Waals surface area (Å²) >= 11 is 0. The lowest BCUT2D eigenvalue weighted by Crippen LogP contribution is -2.32. The third-order valence-electron chi connectivity index (χ3n) is 3.23. The summed E-state index contributed by atoms with van der Waals surface area (Å²) in [6, 6.07) is 4.31. The van der Waals surface area contributed by atoms with Crippen LogP contribution in [0.3, 0.4) is 0 Å². The van der Waals surface area contributed by atoms with E-state index in [4.69, 9.17) is 0 Å². The van der Waals surface area contributed by atoms with E-state index in [-0.39, 0.29) is 5.56 Å². The van der Waals surface area contributed by atoms with Crippen molar-refractivity contribution in [1.82, 2.24) is 9.88 Å². The van der Waals surface area contributed by atoms with Crippen molar-refractivity contribution in [1.29, 1.82) is 0 Å². The molecule has 18 heavy (non-hydrogen) atoms. The minimum Gasteiger partial charge on any atom is -0.314 e. The molecule has 1 heterocycles. The van der Waals surface area contributed by atoms with Crippen LogP contribution in [0.2, 0.25) is 0 Å². The smallest absolute Gasteiger partial charge is 0.253 e. The first-order chi connectivity index (χ1) is 8.50. The van der Waals surface area contributed by atoms with Crippen molar-refractivity contribution in [3.05, 3.63) is 34.2 Å². The molecule has 0 saturated carbocycles. The lowest BCUT2D eigenvalue weighted by Gasteiger charge is -2.15. The van der Waals surface area contributed by atoms with Crippen molar-refractivity contribution in [2.75, 3.05) is 6.54 Å². The van der Waals surface area contributed by atoms with Gasteiger partial charge in [-0.05, 0) is 38.7 Å². The number of rotatable bonds is 7. The van der Waals surface area contributed by atoms with E-state index in [2.05, 4.69) is 26.1 Å². The number of hydrogen-bond donors (Lipinski definition) is 1. The Balaban J connectivity index is 2.33. The fourth-order valence-corrected chi connectivity index (χ4v) is 1.95. The second-order valence-corrected chi connectivity index (χ2v) is 5.52. The lowest BCUT2D eigenvalue weighted by molar-refractivity contribution is 0.439. The van der Waals surface area contributed by atoms with Crippen LogP contribution in [0.25, 0.3) is 0 Å². The van der Waals surface area contributed by atoms with Gasteiger partial charge >= 0.3 is 0 Å². The summed E-state index contributed by atoms with van der Waals surface area (Å²) in [4.78, 5) is 11.8. The molecule has 0 aliphatic rings. The van der Waals surface area contributed by atoms with Crippen molar-refractivity contribution in [3.63, 3.8) is 0 Å². The Labute approximate surface area is 110 Å². The number of pyridine rings is 1. The first-order valence-corrected chi connectivity index (χ1v) is 6.90. The molecule has 1 atom stereocenters. The fraction of sp³-hybridized carbons (Fsp3) is 0.667. The maximum atomic E-state index is 11.8. The molecule has 0 radical (unpaired) electrons. The molecule has 0 spiro atoms. The van der Waals surface area contributed by atoms with Gasteiger partial charge in [0, 0.05) is 30.9 Å². The van der Waals surface area contributed by atoms with Crippen LogP contribution in [0.5, 0.6) is 0 Å². The largest absolute Gasteiger partial charge is 0.314 e. The van der Waals surface area contributed by atoms with Crippen molar-refractivity contribution < 1.29 is 0 Å². The molecule has 0 amide bonds. The van der Waals surface area contributed by atoms with Crippen LogP contribution in [0.1, 0.15) is 39.2 Å². The predicted octanol–water partition coefficient (Wildman–Crippen LogP) is 2.57. The number of nitrogens with zero attached hydrogens (tertiary/aromatic N) is 1. The van der Waals surface area contributed by atoms with Gasteiger partial charge in [0.1, 0.15) is 0 Å². The topological polar surface area (TPSA) is 34.0 Å². The molecule has 0 aliphatic carbocycles. The third-order valence-corrected chi connectivity index (χ3v) is 3.23. The molecule has 1 rings (SSSR count). The van der Waals surface area contributed by atoms with E-state index in [1.807, 2.05) is 25.3 Å². The molecule has 1 aromatic rings. The first-order valence-electron chi connectivity index (χ1n) is 6.90. The number of hydrogen-bond acceptors (Lipinski definition) is 2. The van der Waals surface area contributed by atoms with Crippen LogP contribution >= 0.6 is 0 Å².